The van der Waals surface area contributed by atoms with Gasteiger partial charge in [-0.2, -0.15) is 5.10 Å². The van der Waals surface area contributed by atoms with E-state index in [1.165, 1.54) is 12.5 Å². The van der Waals surface area contributed by atoms with Crippen molar-refractivity contribution in [3.8, 4) is 11.3 Å². The van der Waals surface area contributed by atoms with Gasteiger partial charge < -0.3 is 5.32 Å². The third-order valence-corrected chi connectivity index (χ3v) is 4.43. The maximum atomic E-state index is 14.0. The van der Waals surface area contributed by atoms with Crippen LogP contribution in [0, 0.1) is 12.7 Å². The van der Waals surface area contributed by atoms with E-state index in [4.69, 9.17) is 0 Å². The lowest BCUT2D eigenvalue weighted by molar-refractivity contribution is 0.453. The number of rotatable bonds is 2. The summed E-state index contributed by atoms with van der Waals surface area (Å²) in [6.45, 7) is 4.06. The van der Waals surface area contributed by atoms with Crippen molar-refractivity contribution in [2.45, 2.75) is 25.7 Å². The Morgan fingerprint density at radius 1 is 1.40 bits per heavy atom. The van der Waals surface area contributed by atoms with E-state index < -0.39 is 0 Å². The first-order chi connectivity index (χ1) is 9.66. The second-order valence-corrected chi connectivity index (χ2v) is 6.19. The van der Waals surface area contributed by atoms with Gasteiger partial charge in [-0.25, -0.2) is 4.39 Å². The second kappa shape index (κ2) is 5.66. The zero-order chi connectivity index (χ0) is 14.1. The lowest BCUT2D eigenvalue weighted by Crippen LogP contribution is -2.28. The summed E-state index contributed by atoms with van der Waals surface area (Å²) in [5.74, 6) is 0.205. The molecular formula is C15H17BrFN3. The minimum atomic E-state index is -0.240. The van der Waals surface area contributed by atoms with Crippen molar-refractivity contribution in [1.82, 2.24) is 15.5 Å². The summed E-state index contributed by atoms with van der Waals surface area (Å²) in [5.41, 5.74) is 3.44. The Labute approximate surface area is 126 Å². The van der Waals surface area contributed by atoms with Gasteiger partial charge in [0.05, 0.1) is 5.69 Å². The molecule has 1 aliphatic heterocycles. The van der Waals surface area contributed by atoms with Gasteiger partial charge in [0.15, 0.2) is 0 Å². The first kappa shape index (κ1) is 13.8. The molecule has 3 nitrogen and oxygen atoms in total. The minimum Gasteiger partial charge on any atom is -0.316 e. The van der Waals surface area contributed by atoms with Crippen molar-refractivity contribution in [2.75, 3.05) is 13.1 Å². The van der Waals surface area contributed by atoms with Crippen LogP contribution in [0.4, 0.5) is 4.39 Å². The summed E-state index contributed by atoms with van der Waals surface area (Å²) in [7, 11) is 0. The van der Waals surface area contributed by atoms with Crippen molar-refractivity contribution >= 4 is 15.9 Å². The molecule has 3 rings (SSSR count). The highest BCUT2D eigenvalue weighted by Gasteiger charge is 2.22. The molecule has 1 aliphatic rings. The summed E-state index contributed by atoms with van der Waals surface area (Å²) >= 11 is 3.39. The van der Waals surface area contributed by atoms with Crippen LogP contribution in [0.15, 0.2) is 22.7 Å². The van der Waals surface area contributed by atoms with E-state index in [0.717, 1.165) is 35.2 Å². The average molecular weight is 338 g/mol. The van der Waals surface area contributed by atoms with Gasteiger partial charge in [0.1, 0.15) is 5.82 Å². The quantitative estimate of drug-likeness (QED) is 0.876. The molecule has 0 saturated carbocycles. The highest BCUT2D eigenvalue weighted by Crippen LogP contribution is 2.32. The van der Waals surface area contributed by atoms with E-state index in [1.807, 2.05) is 6.92 Å². The van der Waals surface area contributed by atoms with E-state index in [2.05, 4.69) is 31.4 Å². The molecule has 1 unspecified atom stereocenters. The molecule has 1 aromatic heterocycles. The van der Waals surface area contributed by atoms with Crippen LogP contribution in [-0.2, 0) is 0 Å². The number of piperidine rings is 1. The first-order valence-electron chi connectivity index (χ1n) is 6.88. The largest absolute Gasteiger partial charge is 0.316 e. The van der Waals surface area contributed by atoms with Gasteiger partial charge in [-0.3, -0.25) is 5.10 Å². The van der Waals surface area contributed by atoms with Gasteiger partial charge in [0.25, 0.3) is 0 Å². The highest BCUT2D eigenvalue weighted by atomic mass is 79.9. The zero-order valence-electron chi connectivity index (χ0n) is 11.3. The summed E-state index contributed by atoms with van der Waals surface area (Å²) < 4.78 is 14.9. The fourth-order valence-corrected chi connectivity index (χ4v) is 3.21. The number of H-pyrrole nitrogens is 1. The molecule has 106 valence electrons. The number of hydrogen-bond acceptors (Lipinski definition) is 2. The Morgan fingerprint density at radius 3 is 3.00 bits per heavy atom. The van der Waals surface area contributed by atoms with Crippen LogP contribution >= 0.6 is 15.9 Å². The van der Waals surface area contributed by atoms with Gasteiger partial charge in [0, 0.05) is 28.2 Å². The lowest BCUT2D eigenvalue weighted by atomic mass is 9.92. The predicted molar refractivity (Wildman–Crippen MR) is 81.3 cm³/mol. The standard InChI is InChI=1S/C15H17BrFN3/c1-9-14(10-3-2-6-18-8-10)19-20-15(9)12-7-11(16)4-5-13(12)17/h4-5,7,10,18H,2-3,6,8H2,1H3,(H,19,20). The van der Waals surface area contributed by atoms with Gasteiger partial charge >= 0.3 is 0 Å². The van der Waals surface area contributed by atoms with E-state index in [-0.39, 0.29) is 5.82 Å². The number of aromatic nitrogens is 2. The summed E-state index contributed by atoms with van der Waals surface area (Å²) in [4.78, 5) is 0. The van der Waals surface area contributed by atoms with E-state index in [9.17, 15) is 4.39 Å². The third-order valence-electron chi connectivity index (χ3n) is 3.94. The van der Waals surface area contributed by atoms with Crippen LogP contribution in [0.5, 0.6) is 0 Å². The number of benzene rings is 1. The van der Waals surface area contributed by atoms with Crippen LogP contribution in [0.3, 0.4) is 0 Å². The molecule has 0 spiro atoms. The van der Waals surface area contributed by atoms with Gasteiger partial charge in [0.2, 0.25) is 0 Å². The molecule has 20 heavy (non-hydrogen) atoms. The molecule has 2 N–H and O–H groups in total. The van der Waals surface area contributed by atoms with Crippen LogP contribution in [-0.4, -0.2) is 23.3 Å². The number of hydrogen-bond donors (Lipinski definition) is 2. The fraction of sp³-hybridized carbons (Fsp3) is 0.400. The minimum absolute atomic E-state index is 0.240. The molecule has 0 bridgehead atoms. The smallest absolute Gasteiger partial charge is 0.132 e. The SMILES string of the molecule is Cc1c(-c2cc(Br)ccc2F)n[nH]c1C1CCCNC1. The molecule has 0 radical (unpaired) electrons. The Balaban J connectivity index is 1.99. The van der Waals surface area contributed by atoms with Gasteiger partial charge in [-0.05, 0) is 50.1 Å². The molecule has 2 aromatic rings. The number of nitrogens with zero attached hydrogens (tertiary/aromatic N) is 1. The van der Waals surface area contributed by atoms with Crippen LogP contribution in [0.25, 0.3) is 11.3 Å². The Morgan fingerprint density at radius 2 is 2.25 bits per heavy atom. The Hall–Kier alpha value is -1.20. The van der Waals surface area contributed by atoms with Crippen molar-refractivity contribution in [3.05, 3.63) is 39.7 Å². The number of halogens is 2. The zero-order valence-corrected chi connectivity index (χ0v) is 12.9. The summed E-state index contributed by atoms with van der Waals surface area (Å²) in [6, 6.07) is 4.95. The molecular weight excluding hydrogens is 321 g/mol. The van der Waals surface area contributed by atoms with E-state index in [1.54, 1.807) is 12.1 Å². The monoisotopic (exact) mass is 337 g/mol. The molecule has 1 atom stereocenters. The van der Waals surface area contributed by atoms with Crippen molar-refractivity contribution in [1.29, 1.82) is 0 Å². The molecule has 5 heteroatoms. The van der Waals surface area contributed by atoms with Gasteiger partial charge in [-0.15, -0.1) is 0 Å². The normalized spacial score (nSPS) is 19.2. The lowest BCUT2D eigenvalue weighted by Gasteiger charge is -2.22. The first-order valence-corrected chi connectivity index (χ1v) is 7.67. The van der Waals surface area contributed by atoms with Crippen LogP contribution in [0.2, 0.25) is 0 Å². The molecule has 0 aliphatic carbocycles. The van der Waals surface area contributed by atoms with Crippen molar-refractivity contribution < 1.29 is 4.39 Å². The highest BCUT2D eigenvalue weighted by molar-refractivity contribution is 9.10. The van der Waals surface area contributed by atoms with Crippen molar-refractivity contribution in [3.63, 3.8) is 0 Å². The topological polar surface area (TPSA) is 40.7 Å². The number of nitrogens with one attached hydrogen (secondary N) is 2. The predicted octanol–water partition coefficient (Wildman–Crippen LogP) is 3.75. The second-order valence-electron chi connectivity index (χ2n) is 5.28. The maximum absolute atomic E-state index is 14.0. The number of aromatic amines is 1. The molecule has 1 saturated heterocycles. The molecule has 2 heterocycles. The maximum Gasteiger partial charge on any atom is 0.132 e. The Kier molecular flexibility index (Phi) is 3.89. The summed E-state index contributed by atoms with van der Waals surface area (Å²) in [5, 5.41) is 10.9. The Bertz CT molecular complexity index is 618. The van der Waals surface area contributed by atoms with E-state index in [0.29, 0.717) is 17.2 Å². The van der Waals surface area contributed by atoms with E-state index >= 15 is 0 Å². The van der Waals surface area contributed by atoms with Crippen LogP contribution < -0.4 is 5.32 Å². The van der Waals surface area contributed by atoms with Gasteiger partial charge in [-0.1, -0.05) is 15.9 Å². The fourth-order valence-electron chi connectivity index (χ4n) is 2.85. The third kappa shape index (κ3) is 2.52. The molecule has 1 fully saturated rings. The van der Waals surface area contributed by atoms with Crippen LogP contribution in [0.1, 0.15) is 30.0 Å². The molecule has 1 aromatic carbocycles. The summed E-state index contributed by atoms with van der Waals surface area (Å²) in [6.07, 6.45) is 2.32. The van der Waals surface area contributed by atoms with Crippen molar-refractivity contribution in [2.24, 2.45) is 0 Å². The molecule has 0 amide bonds. The average Bonchev–Trinajstić information content (AvgIpc) is 2.84.